The van der Waals surface area contributed by atoms with Crippen LogP contribution in [0.4, 0.5) is 0 Å². The van der Waals surface area contributed by atoms with Gasteiger partial charge in [-0.15, -0.1) is 0 Å². The molecule has 0 saturated carbocycles. The Balaban J connectivity index is 1.66. The molecule has 0 saturated heterocycles. The first-order valence-electron chi connectivity index (χ1n) is 6.51. The molecule has 3 rings (SSSR count). The van der Waals surface area contributed by atoms with E-state index in [1.807, 2.05) is 24.3 Å². The Morgan fingerprint density at radius 1 is 1.09 bits per heavy atom. The van der Waals surface area contributed by atoms with Crippen LogP contribution < -0.4 is 4.74 Å². The summed E-state index contributed by atoms with van der Waals surface area (Å²) in [6, 6.07) is 14.4. The van der Waals surface area contributed by atoms with Gasteiger partial charge in [0.15, 0.2) is 6.61 Å². The third-order valence-corrected chi connectivity index (χ3v) is 3.48. The molecule has 0 aliphatic rings. The van der Waals surface area contributed by atoms with Gasteiger partial charge in [0.2, 0.25) is 5.82 Å². The molecule has 0 N–H and O–H groups in total. The van der Waals surface area contributed by atoms with Gasteiger partial charge in [0.05, 0.1) is 0 Å². The molecule has 0 amide bonds. The maximum Gasteiger partial charge on any atom is 0.264 e. The minimum atomic E-state index is 0.171. The molecule has 0 aliphatic heterocycles. The molecule has 6 heteroatoms. The van der Waals surface area contributed by atoms with Gasteiger partial charge < -0.3 is 9.26 Å². The molecule has 110 valence electrons. The van der Waals surface area contributed by atoms with Crippen molar-refractivity contribution >= 4 is 22.2 Å². The van der Waals surface area contributed by atoms with Gasteiger partial charge >= 0.3 is 0 Å². The molecule has 0 aliphatic carbocycles. The average Bonchev–Trinajstić information content (AvgIpc) is 3.03. The Kier molecular flexibility index (Phi) is 4.29. The summed E-state index contributed by atoms with van der Waals surface area (Å²) < 4.78 is 11.7. The number of hydrogen-bond donors (Lipinski definition) is 0. The summed E-state index contributed by atoms with van der Waals surface area (Å²) in [5.41, 5.74) is 1.47. The fourth-order valence-corrected chi connectivity index (χ4v) is 2.08. The Bertz CT molecular complexity index is 767. The van der Waals surface area contributed by atoms with Gasteiger partial charge in [-0.2, -0.15) is 4.98 Å². The smallest absolute Gasteiger partial charge is 0.264 e. The average molecular weight is 359 g/mol. The highest BCUT2D eigenvalue weighted by Gasteiger charge is 2.09. The van der Waals surface area contributed by atoms with Gasteiger partial charge in [-0.3, -0.25) is 4.79 Å². The lowest BCUT2D eigenvalue weighted by atomic mass is 10.2. The van der Waals surface area contributed by atoms with Gasteiger partial charge in [0.25, 0.3) is 5.89 Å². The van der Waals surface area contributed by atoms with Crippen molar-refractivity contribution in [2.24, 2.45) is 0 Å². The van der Waals surface area contributed by atoms with Gasteiger partial charge in [-0.05, 0) is 48.5 Å². The number of nitrogens with zero attached hydrogens (tertiary/aromatic N) is 2. The van der Waals surface area contributed by atoms with Crippen LogP contribution >= 0.6 is 15.9 Å². The molecule has 22 heavy (non-hydrogen) atoms. The molecule has 0 radical (unpaired) electrons. The number of carbonyl (C=O) groups is 1. The Morgan fingerprint density at radius 2 is 1.82 bits per heavy atom. The van der Waals surface area contributed by atoms with E-state index in [1.165, 1.54) is 0 Å². The molecule has 1 aromatic heterocycles. The number of benzene rings is 2. The van der Waals surface area contributed by atoms with E-state index in [4.69, 9.17) is 9.26 Å². The molecular formula is C16H11BrN2O3. The topological polar surface area (TPSA) is 65.2 Å². The Labute approximate surface area is 135 Å². The zero-order chi connectivity index (χ0) is 15.4. The molecule has 0 bridgehead atoms. The van der Waals surface area contributed by atoms with Crippen molar-refractivity contribution in [3.05, 3.63) is 64.5 Å². The van der Waals surface area contributed by atoms with Crippen LogP contribution in [0.15, 0.2) is 57.5 Å². The maximum atomic E-state index is 10.6. The second-order valence-electron chi connectivity index (χ2n) is 4.49. The van der Waals surface area contributed by atoms with Crippen molar-refractivity contribution in [2.75, 3.05) is 0 Å². The number of rotatable bonds is 5. The van der Waals surface area contributed by atoms with Gasteiger partial charge in [-0.1, -0.05) is 21.1 Å². The van der Waals surface area contributed by atoms with Crippen LogP contribution in [0.5, 0.6) is 5.75 Å². The monoisotopic (exact) mass is 358 g/mol. The Hall–Kier alpha value is -2.47. The number of halogens is 1. The predicted molar refractivity (Wildman–Crippen MR) is 83.6 cm³/mol. The van der Waals surface area contributed by atoms with E-state index in [0.29, 0.717) is 23.0 Å². The number of aldehydes is 1. The summed E-state index contributed by atoms with van der Waals surface area (Å²) in [7, 11) is 0. The quantitative estimate of drug-likeness (QED) is 0.647. The largest absolute Gasteiger partial charge is 0.484 e. The number of ether oxygens (including phenoxy) is 1. The van der Waals surface area contributed by atoms with Crippen LogP contribution in [-0.4, -0.2) is 16.4 Å². The zero-order valence-corrected chi connectivity index (χ0v) is 13.0. The summed E-state index contributed by atoms with van der Waals surface area (Å²) >= 11 is 3.38. The first kappa shape index (κ1) is 14.5. The highest BCUT2D eigenvalue weighted by Crippen LogP contribution is 2.19. The summed E-state index contributed by atoms with van der Waals surface area (Å²) in [5.74, 6) is 1.54. The first-order valence-corrected chi connectivity index (χ1v) is 7.30. The van der Waals surface area contributed by atoms with E-state index in [9.17, 15) is 4.79 Å². The van der Waals surface area contributed by atoms with Gasteiger partial charge in [0.1, 0.15) is 12.0 Å². The standard InChI is InChI=1S/C16H11BrN2O3/c17-13-5-3-12(4-6-13)16-18-15(22-19-16)10-21-14-7-1-11(9-20)2-8-14/h1-9H,10H2. The summed E-state index contributed by atoms with van der Waals surface area (Å²) in [6.07, 6.45) is 0.784. The molecule has 2 aromatic carbocycles. The molecule has 0 unspecified atom stereocenters. The van der Waals surface area contributed by atoms with E-state index in [2.05, 4.69) is 26.1 Å². The van der Waals surface area contributed by atoms with Crippen molar-refractivity contribution in [3.63, 3.8) is 0 Å². The molecule has 5 nitrogen and oxygen atoms in total. The van der Waals surface area contributed by atoms with E-state index in [1.54, 1.807) is 24.3 Å². The number of aromatic nitrogens is 2. The SMILES string of the molecule is O=Cc1ccc(OCc2nc(-c3ccc(Br)cc3)no2)cc1. The maximum absolute atomic E-state index is 10.6. The van der Waals surface area contributed by atoms with E-state index >= 15 is 0 Å². The Morgan fingerprint density at radius 3 is 2.50 bits per heavy atom. The minimum absolute atomic E-state index is 0.171. The van der Waals surface area contributed by atoms with Crippen LogP contribution in [0.25, 0.3) is 11.4 Å². The zero-order valence-electron chi connectivity index (χ0n) is 11.4. The van der Waals surface area contributed by atoms with Crippen molar-refractivity contribution < 1.29 is 14.1 Å². The summed E-state index contributed by atoms with van der Waals surface area (Å²) in [5, 5.41) is 3.93. The molecule has 3 aromatic rings. The molecule has 0 atom stereocenters. The van der Waals surface area contributed by atoms with Crippen molar-refractivity contribution in [3.8, 4) is 17.1 Å². The lowest BCUT2D eigenvalue weighted by Gasteiger charge is -2.02. The van der Waals surface area contributed by atoms with Crippen LogP contribution in [0, 0.1) is 0 Å². The van der Waals surface area contributed by atoms with Crippen molar-refractivity contribution in [2.45, 2.75) is 6.61 Å². The number of carbonyl (C=O) groups excluding carboxylic acids is 1. The fourth-order valence-electron chi connectivity index (χ4n) is 1.82. The lowest BCUT2D eigenvalue weighted by Crippen LogP contribution is -1.95. The van der Waals surface area contributed by atoms with Crippen molar-refractivity contribution in [1.29, 1.82) is 0 Å². The molecule has 0 spiro atoms. The fraction of sp³-hybridized carbons (Fsp3) is 0.0625. The van der Waals surface area contributed by atoms with E-state index in [0.717, 1.165) is 16.3 Å². The third-order valence-electron chi connectivity index (χ3n) is 2.95. The van der Waals surface area contributed by atoms with Crippen LogP contribution in [0.3, 0.4) is 0 Å². The minimum Gasteiger partial charge on any atom is -0.484 e. The molecule has 0 fully saturated rings. The normalized spacial score (nSPS) is 10.4. The summed E-state index contributed by atoms with van der Waals surface area (Å²) in [6.45, 7) is 0.171. The van der Waals surface area contributed by atoms with Crippen LogP contribution in [0.2, 0.25) is 0 Å². The van der Waals surface area contributed by atoms with E-state index < -0.39 is 0 Å². The van der Waals surface area contributed by atoms with Crippen molar-refractivity contribution in [1.82, 2.24) is 10.1 Å². The molecule has 1 heterocycles. The van der Waals surface area contributed by atoms with E-state index in [-0.39, 0.29) is 6.61 Å². The van der Waals surface area contributed by atoms with Crippen LogP contribution in [-0.2, 0) is 6.61 Å². The van der Waals surface area contributed by atoms with Crippen LogP contribution in [0.1, 0.15) is 16.2 Å². The van der Waals surface area contributed by atoms with Gasteiger partial charge in [-0.25, -0.2) is 0 Å². The highest BCUT2D eigenvalue weighted by atomic mass is 79.9. The second-order valence-corrected chi connectivity index (χ2v) is 5.41. The second kappa shape index (κ2) is 6.53. The molecular weight excluding hydrogens is 348 g/mol. The first-order chi connectivity index (χ1) is 10.7. The van der Waals surface area contributed by atoms with Gasteiger partial charge in [0, 0.05) is 15.6 Å². The predicted octanol–water partition coefficient (Wildman–Crippen LogP) is 3.89. The highest BCUT2D eigenvalue weighted by molar-refractivity contribution is 9.10. The third kappa shape index (κ3) is 3.40. The lowest BCUT2D eigenvalue weighted by molar-refractivity contribution is 0.112. The number of hydrogen-bond acceptors (Lipinski definition) is 5. The summed E-state index contributed by atoms with van der Waals surface area (Å²) in [4.78, 5) is 14.9.